The molecule has 1 aromatic rings. The van der Waals surface area contributed by atoms with Crippen LogP contribution in [0.5, 0.6) is 5.75 Å². The van der Waals surface area contributed by atoms with E-state index in [-0.39, 0.29) is 22.4 Å². The first kappa shape index (κ1) is 10.4. The van der Waals surface area contributed by atoms with Gasteiger partial charge in [0.15, 0.2) is 5.75 Å². The number of rotatable bonds is 0. The van der Waals surface area contributed by atoms with Gasteiger partial charge >= 0.3 is 0 Å². The van der Waals surface area contributed by atoms with Crippen molar-refractivity contribution in [3.63, 3.8) is 0 Å². The van der Waals surface area contributed by atoms with E-state index < -0.39 is 0 Å². The van der Waals surface area contributed by atoms with Crippen LogP contribution < -0.4 is 5.73 Å². The van der Waals surface area contributed by atoms with Crippen molar-refractivity contribution in [2.24, 2.45) is 0 Å². The van der Waals surface area contributed by atoms with E-state index in [0.717, 1.165) is 5.56 Å². The highest BCUT2D eigenvalue weighted by Crippen LogP contribution is 2.31. The smallest absolute Gasteiger partial charge is 0.156 e. The van der Waals surface area contributed by atoms with Crippen molar-refractivity contribution in [1.29, 1.82) is 5.26 Å². The number of benzene rings is 1. The molecule has 0 saturated carbocycles. The fraction of sp³-hybridized carbons (Fsp3) is 0.364. The predicted molar refractivity (Wildman–Crippen MR) is 55.9 cm³/mol. The number of nitriles is 1. The minimum absolute atomic E-state index is 0.0760. The van der Waals surface area contributed by atoms with Gasteiger partial charge in [-0.3, -0.25) is 0 Å². The topological polar surface area (TPSA) is 70.0 Å². The molecular weight excluding hydrogens is 176 g/mol. The highest BCUT2D eigenvalue weighted by Gasteiger charge is 2.17. The third-order valence-corrected chi connectivity index (χ3v) is 2.13. The van der Waals surface area contributed by atoms with Crippen LogP contribution in [0.3, 0.4) is 0 Å². The van der Waals surface area contributed by atoms with E-state index in [1.807, 2.05) is 26.8 Å². The molecule has 0 spiro atoms. The molecule has 0 fully saturated rings. The summed E-state index contributed by atoms with van der Waals surface area (Å²) < 4.78 is 0. The first-order valence-corrected chi connectivity index (χ1v) is 4.39. The van der Waals surface area contributed by atoms with Crippen LogP contribution >= 0.6 is 0 Å². The number of nitrogens with two attached hydrogens (primary N) is 1. The molecule has 0 aliphatic carbocycles. The van der Waals surface area contributed by atoms with Gasteiger partial charge in [-0.05, 0) is 23.1 Å². The van der Waals surface area contributed by atoms with Crippen LogP contribution in [-0.4, -0.2) is 5.11 Å². The molecule has 0 unspecified atom stereocenters. The highest BCUT2D eigenvalue weighted by atomic mass is 16.3. The Hall–Kier alpha value is -1.69. The number of nitrogens with zero attached hydrogens (tertiary/aromatic N) is 1. The molecule has 0 saturated heterocycles. The van der Waals surface area contributed by atoms with E-state index >= 15 is 0 Å². The van der Waals surface area contributed by atoms with Gasteiger partial charge in [0.05, 0.1) is 11.3 Å². The van der Waals surface area contributed by atoms with Gasteiger partial charge < -0.3 is 10.8 Å². The number of nitrogen functional groups attached to an aromatic ring is 1. The van der Waals surface area contributed by atoms with Crippen molar-refractivity contribution in [3.8, 4) is 11.8 Å². The molecule has 3 N–H and O–H groups in total. The second kappa shape index (κ2) is 3.22. The Morgan fingerprint density at radius 3 is 2.36 bits per heavy atom. The second-order valence-corrected chi connectivity index (χ2v) is 4.32. The summed E-state index contributed by atoms with van der Waals surface area (Å²) in [6, 6.07) is 5.30. The van der Waals surface area contributed by atoms with Crippen LogP contribution in [0.15, 0.2) is 12.1 Å². The molecule has 0 aromatic heterocycles. The molecule has 14 heavy (non-hydrogen) atoms. The van der Waals surface area contributed by atoms with Gasteiger partial charge in [0.2, 0.25) is 0 Å². The van der Waals surface area contributed by atoms with E-state index in [0.29, 0.717) is 0 Å². The van der Waals surface area contributed by atoms with Crippen LogP contribution in [0.2, 0.25) is 0 Å². The van der Waals surface area contributed by atoms with Gasteiger partial charge in [-0.1, -0.05) is 20.8 Å². The van der Waals surface area contributed by atoms with Gasteiger partial charge in [0, 0.05) is 0 Å². The molecular formula is C11H14N2O. The molecule has 3 heteroatoms. The fourth-order valence-electron chi connectivity index (χ4n) is 1.18. The van der Waals surface area contributed by atoms with Crippen LogP contribution in [-0.2, 0) is 5.41 Å². The summed E-state index contributed by atoms with van der Waals surface area (Å²) in [7, 11) is 0. The quantitative estimate of drug-likeness (QED) is 0.486. The minimum atomic E-state index is -0.125. The minimum Gasteiger partial charge on any atom is -0.504 e. The van der Waals surface area contributed by atoms with Crippen molar-refractivity contribution in [1.82, 2.24) is 0 Å². The number of hydrogen-bond donors (Lipinski definition) is 2. The SMILES string of the molecule is CC(C)(C)c1cc(N)c(O)c(C#N)c1. The molecule has 0 aliphatic rings. The first-order valence-electron chi connectivity index (χ1n) is 4.39. The lowest BCUT2D eigenvalue weighted by atomic mass is 9.85. The van der Waals surface area contributed by atoms with Gasteiger partial charge in [-0.15, -0.1) is 0 Å². The third-order valence-electron chi connectivity index (χ3n) is 2.13. The lowest BCUT2D eigenvalue weighted by molar-refractivity contribution is 0.475. The van der Waals surface area contributed by atoms with Crippen LogP contribution in [0.25, 0.3) is 0 Å². The monoisotopic (exact) mass is 190 g/mol. The van der Waals surface area contributed by atoms with E-state index in [1.165, 1.54) is 0 Å². The zero-order chi connectivity index (χ0) is 10.9. The van der Waals surface area contributed by atoms with Crippen LogP contribution in [0.4, 0.5) is 5.69 Å². The Morgan fingerprint density at radius 2 is 1.93 bits per heavy atom. The van der Waals surface area contributed by atoms with Gasteiger partial charge in [0.1, 0.15) is 6.07 Å². The average molecular weight is 190 g/mol. The summed E-state index contributed by atoms with van der Waals surface area (Å²) in [4.78, 5) is 0. The molecule has 0 aliphatic heterocycles. The molecule has 1 aromatic carbocycles. The maximum atomic E-state index is 9.44. The number of hydrogen-bond acceptors (Lipinski definition) is 3. The third kappa shape index (κ3) is 1.80. The maximum absolute atomic E-state index is 9.44. The van der Waals surface area contributed by atoms with E-state index in [4.69, 9.17) is 11.0 Å². The number of phenolic OH excluding ortho intramolecular Hbond substituents is 1. The van der Waals surface area contributed by atoms with E-state index in [2.05, 4.69) is 0 Å². The van der Waals surface area contributed by atoms with Crippen molar-refractivity contribution >= 4 is 5.69 Å². The summed E-state index contributed by atoms with van der Waals surface area (Å²) in [5, 5.41) is 18.2. The second-order valence-electron chi connectivity index (χ2n) is 4.32. The molecule has 74 valence electrons. The number of aromatic hydroxyl groups is 1. The molecule has 0 amide bonds. The van der Waals surface area contributed by atoms with Gasteiger partial charge in [-0.2, -0.15) is 5.26 Å². The molecule has 0 heterocycles. The summed E-state index contributed by atoms with van der Waals surface area (Å²) in [5.41, 5.74) is 6.95. The van der Waals surface area contributed by atoms with Gasteiger partial charge in [-0.25, -0.2) is 0 Å². The lowest BCUT2D eigenvalue weighted by Crippen LogP contribution is -2.11. The van der Waals surface area contributed by atoms with Crippen molar-refractivity contribution in [3.05, 3.63) is 23.3 Å². The summed E-state index contributed by atoms with van der Waals surface area (Å²) in [6.45, 7) is 6.08. The largest absolute Gasteiger partial charge is 0.504 e. The summed E-state index contributed by atoms with van der Waals surface area (Å²) in [5.74, 6) is -0.125. The Morgan fingerprint density at radius 1 is 1.36 bits per heavy atom. The summed E-state index contributed by atoms with van der Waals surface area (Å²) in [6.07, 6.45) is 0. The fourth-order valence-corrected chi connectivity index (χ4v) is 1.18. The summed E-state index contributed by atoms with van der Waals surface area (Å²) >= 11 is 0. The molecule has 0 bridgehead atoms. The van der Waals surface area contributed by atoms with E-state index in [9.17, 15) is 5.11 Å². The number of anilines is 1. The standard InChI is InChI=1S/C11H14N2O/c1-11(2,3)8-4-7(6-12)10(14)9(13)5-8/h4-5,14H,13H2,1-3H3. The zero-order valence-electron chi connectivity index (χ0n) is 8.63. The first-order chi connectivity index (χ1) is 6.36. The Kier molecular flexibility index (Phi) is 2.39. The predicted octanol–water partition coefficient (Wildman–Crippen LogP) is 2.14. The molecule has 3 nitrogen and oxygen atoms in total. The molecule has 0 atom stereocenters. The van der Waals surface area contributed by atoms with Gasteiger partial charge in [0.25, 0.3) is 0 Å². The van der Waals surface area contributed by atoms with Crippen molar-refractivity contribution in [2.75, 3.05) is 5.73 Å². The van der Waals surface area contributed by atoms with Crippen molar-refractivity contribution in [2.45, 2.75) is 26.2 Å². The van der Waals surface area contributed by atoms with Crippen LogP contribution in [0, 0.1) is 11.3 Å². The van der Waals surface area contributed by atoms with Crippen molar-refractivity contribution < 1.29 is 5.11 Å². The Balaban J connectivity index is 3.40. The Bertz CT molecular complexity index is 397. The van der Waals surface area contributed by atoms with Crippen LogP contribution in [0.1, 0.15) is 31.9 Å². The number of phenols is 1. The Labute approximate surface area is 83.8 Å². The maximum Gasteiger partial charge on any atom is 0.156 e. The average Bonchev–Trinajstić information content (AvgIpc) is 2.07. The van der Waals surface area contributed by atoms with E-state index in [1.54, 1.807) is 12.1 Å². The highest BCUT2D eigenvalue weighted by molar-refractivity contribution is 5.62. The lowest BCUT2D eigenvalue weighted by Gasteiger charge is -2.20. The zero-order valence-corrected chi connectivity index (χ0v) is 8.63. The normalized spacial score (nSPS) is 11.0. The molecule has 0 radical (unpaired) electrons. The molecule has 1 rings (SSSR count).